The van der Waals surface area contributed by atoms with Gasteiger partial charge in [0.15, 0.2) is 0 Å². The van der Waals surface area contributed by atoms with Crippen LogP contribution in [-0.2, 0) is 0 Å². The molecule has 0 heterocycles. The van der Waals surface area contributed by atoms with Crippen LogP contribution in [0.15, 0.2) is 54.6 Å². The molecule has 0 fully saturated rings. The van der Waals surface area contributed by atoms with Crippen molar-refractivity contribution < 1.29 is 0 Å². The van der Waals surface area contributed by atoms with Crippen LogP contribution >= 0.6 is 0 Å². The largest absolute Gasteiger partial charge is 0.317 e. The molecular formula is C19H25N. The predicted octanol–water partition coefficient (Wildman–Crippen LogP) is 4.85. The second-order valence-electron chi connectivity index (χ2n) is 5.39. The summed E-state index contributed by atoms with van der Waals surface area (Å²) >= 11 is 0. The van der Waals surface area contributed by atoms with Gasteiger partial charge in [0, 0.05) is 0 Å². The molecule has 0 radical (unpaired) electrons. The van der Waals surface area contributed by atoms with Gasteiger partial charge < -0.3 is 5.32 Å². The highest BCUT2D eigenvalue weighted by Crippen LogP contribution is 2.30. The zero-order valence-electron chi connectivity index (χ0n) is 12.6. The van der Waals surface area contributed by atoms with Crippen LogP contribution in [0.4, 0.5) is 0 Å². The van der Waals surface area contributed by atoms with E-state index >= 15 is 0 Å². The molecule has 0 spiro atoms. The summed E-state index contributed by atoms with van der Waals surface area (Å²) in [7, 11) is 0. The first kappa shape index (κ1) is 14.8. The number of hydrogen-bond acceptors (Lipinski definition) is 1. The SMILES string of the molecule is CCCNCCC(C)c1ccccc1-c1ccccc1. The zero-order valence-corrected chi connectivity index (χ0v) is 12.6. The lowest BCUT2D eigenvalue weighted by Gasteiger charge is -2.17. The summed E-state index contributed by atoms with van der Waals surface area (Å²) < 4.78 is 0. The molecular weight excluding hydrogens is 242 g/mol. The van der Waals surface area contributed by atoms with Gasteiger partial charge in [-0.3, -0.25) is 0 Å². The van der Waals surface area contributed by atoms with E-state index in [1.807, 2.05) is 0 Å². The molecule has 1 nitrogen and oxygen atoms in total. The van der Waals surface area contributed by atoms with E-state index < -0.39 is 0 Å². The third-order valence-electron chi connectivity index (χ3n) is 3.76. The Bertz CT molecular complexity index is 504. The molecule has 1 heteroatoms. The van der Waals surface area contributed by atoms with Crippen LogP contribution in [0.5, 0.6) is 0 Å². The molecule has 2 rings (SSSR count). The molecule has 1 N–H and O–H groups in total. The lowest BCUT2D eigenvalue weighted by atomic mass is 9.90. The summed E-state index contributed by atoms with van der Waals surface area (Å²) in [5.74, 6) is 0.579. The minimum absolute atomic E-state index is 0.579. The Morgan fingerprint density at radius 2 is 1.60 bits per heavy atom. The number of rotatable bonds is 7. The number of hydrogen-bond donors (Lipinski definition) is 1. The molecule has 1 atom stereocenters. The quantitative estimate of drug-likeness (QED) is 0.707. The Labute approximate surface area is 123 Å². The Hall–Kier alpha value is -1.60. The summed E-state index contributed by atoms with van der Waals surface area (Å²) in [6.07, 6.45) is 2.39. The Kier molecular flexibility index (Phi) is 5.82. The average molecular weight is 267 g/mol. The van der Waals surface area contributed by atoms with Gasteiger partial charge >= 0.3 is 0 Å². The monoisotopic (exact) mass is 267 g/mol. The summed E-state index contributed by atoms with van der Waals surface area (Å²) in [6.45, 7) is 6.75. The summed E-state index contributed by atoms with van der Waals surface area (Å²) in [5.41, 5.74) is 4.14. The van der Waals surface area contributed by atoms with Crippen molar-refractivity contribution in [3.8, 4) is 11.1 Å². The van der Waals surface area contributed by atoms with Crippen LogP contribution in [0.3, 0.4) is 0 Å². The molecule has 2 aromatic carbocycles. The molecule has 0 saturated carbocycles. The van der Waals surface area contributed by atoms with Gasteiger partial charge in [0.05, 0.1) is 0 Å². The smallest absolute Gasteiger partial charge is 0.00432 e. The van der Waals surface area contributed by atoms with Crippen molar-refractivity contribution in [3.05, 3.63) is 60.2 Å². The molecule has 0 aliphatic carbocycles. The van der Waals surface area contributed by atoms with Crippen molar-refractivity contribution in [1.82, 2.24) is 5.32 Å². The maximum Gasteiger partial charge on any atom is -0.00432 e. The van der Waals surface area contributed by atoms with Gasteiger partial charge in [-0.1, -0.05) is 68.4 Å². The van der Waals surface area contributed by atoms with Crippen LogP contribution in [0.2, 0.25) is 0 Å². The molecule has 1 unspecified atom stereocenters. The van der Waals surface area contributed by atoms with Gasteiger partial charge in [-0.25, -0.2) is 0 Å². The van der Waals surface area contributed by atoms with Gasteiger partial charge in [-0.15, -0.1) is 0 Å². The first-order chi connectivity index (χ1) is 9.83. The van der Waals surface area contributed by atoms with Crippen molar-refractivity contribution in [2.45, 2.75) is 32.6 Å². The van der Waals surface area contributed by atoms with E-state index in [1.54, 1.807) is 0 Å². The molecule has 0 saturated heterocycles. The van der Waals surface area contributed by atoms with Crippen LogP contribution < -0.4 is 5.32 Å². The van der Waals surface area contributed by atoms with Gasteiger partial charge in [-0.2, -0.15) is 0 Å². The Morgan fingerprint density at radius 3 is 2.35 bits per heavy atom. The fraction of sp³-hybridized carbons (Fsp3) is 0.368. The highest BCUT2D eigenvalue weighted by Gasteiger charge is 2.10. The molecule has 20 heavy (non-hydrogen) atoms. The third kappa shape index (κ3) is 3.94. The van der Waals surface area contributed by atoms with Crippen molar-refractivity contribution >= 4 is 0 Å². The van der Waals surface area contributed by atoms with Crippen LogP contribution in [0, 0.1) is 0 Å². The summed E-state index contributed by atoms with van der Waals surface area (Å²) in [4.78, 5) is 0. The van der Waals surface area contributed by atoms with E-state index in [0.29, 0.717) is 5.92 Å². The van der Waals surface area contributed by atoms with Gasteiger partial charge in [-0.05, 0) is 48.5 Å². The molecule has 0 bridgehead atoms. The van der Waals surface area contributed by atoms with Crippen molar-refractivity contribution in [1.29, 1.82) is 0 Å². The molecule has 0 aliphatic heterocycles. The molecule has 0 aliphatic rings. The van der Waals surface area contributed by atoms with Crippen molar-refractivity contribution in [2.24, 2.45) is 0 Å². The van der Waals surface area contributed by atoms with Crippen LogP contribution in [-0.4, -0.2) is 13.1 Å². The molecule has 2 aromatic rings. The lowest BCUT2D eigenvalue weighted by molar-refractivity contribution is 0.591. The predicted molar refractivity (Wildman–Crippen MR) is 88.1 cm³/mol. The molecule has 0 amide bonds. The van der Waals surface area contributed by atoms with E-state index in [2.05, 4.69) is 73.8 Å². The van der Waals surface area contributed by atoms with Crippen molar-refractivity contribution in [2.75, 3.05) is 13.1 Å². The zero-order chi connectivity index (χ0) is 14.2. The second kappa shape index (κ2) is 7.86. The van der Waals surface area contributed by atoms with E-state index in [9.17, 15) is 0 Å². The number of benzene rings is 2. The van der Waals surface area contributed by atoms with Crippen LogP contribution in [0.1, 0.15) is 38.2 Å². The topological polar surface area (TPSA) is 12.0 Å². The maximum absolute atomic E-state index is 3.49. The van der Waals surface area contributed by atoms with E-state index in [4.69, 9.17) is 0 Å². The van der Waals surface area contributed by atoms with Crippen molar-refractivity contribution in [3.63, 3.8) is 0 Å². The highest BCUT2D eigenvalue weighted by molar-refractivity contribution is 5.67. The van der Waals surface area contributed by atoms with E-state index in [1.165, 1.54) is 29.5 Å². The first-order valence-electron chi connectivity index (χ1n) is 7.68. The summed E-state index contributed by atoms with van der Waals surface area (Å²) in [6, 6.07) is 19.5. The Balaban J connectivity index is 2.11. The standard InChI is InChI=1S/C19H25N/c1-3-14-20-15-13-16(2)18-11-7-8-12-19(18)17-9-5-4-6-10-17/h4-12,16,20H,3,13-15H2,1-2H3. The second-order valence-corrected chi connectivity index (χ2v) is 5.39. The van der Waals surface area contributed by atoms with E-state index in [-0.39, 0.29) is 0 Å². The fourth-order valence-electron chi connectivity index (χ4n) is 2.58. The highest BCUT2D eigenvalue weighted by atomic mass is 14.8. The van der Waals surface area contributed by atoms with Gasteiger partial charge in [0.25, 0.3) is 0 Å². The van der Waals surface area contributed by atoms with Gasteiger partial charge in [0.1, 0.15) is 0 Å². The summed E-state index contributed by atoms with van der Waals surface area (Å²) in [5, 5.41) is 3.49. The minimum atomic E-state index is 0.579. The van der Waals surface area contributed by atoms with E-state index in [0.717, 1.165) is 13.1 Å². The lowest BCUT2D eigenvalue weighted by Crippen LogP contribution is -2.17. The fourth-order valence-corrected chi connectivity index (χ4v) is 2.58. The average Bonchev–Trinajstić information content (AvgIpc) is 2.52. The molecule has 0 aromatic heterocycles. The third-order valence-corrected chi connectivity index (χ3v) is 3.76. The normalized spacial score (nSPS) is 12.3. The minimum Gasteiger partial charge on any atom is -0.317 e. The first-order valence-corrected chi connectivity index (χ1v) is 7.68. The maximum atomic E-state index is 3.49. The van der Waals surface area contributed by atoms with Crippen LogP contribution in [0.25, 0.3) is 11.1 Å². The Morgan fingerprint density at radius 1 is 0.900 bits per heavy atom. The number of nitrogens with one attached hydrogen (secondary N) is 1. The van der Waals surface area contributed by atoms with Gasteiger partial charge in [0.2, 0.25) is 0 Å². The molecule has 106 valence electrons.